The molecule has 0 aliphatic carbocycles. The summed E-state index contributed by atoms with van der Waals surface area (Å²) in [6.07, 6.45) is -0.321. The van der Waals surface area contributed by atoms with Crippen LogP contribution in [0.2, 0.25) is 0 Å². The number of anilines is 1. The highest BCUT2D eigenvalue weighted by atomic mass is 79.9. The lowest BCUT2D eigenvalue weighted by Gasteiger charge is -2.14. The van der Waals surface area contributed by atoms with Gasteiger partial charge in [-0.15, -0.1) is 0 Å². The molecule has 0 aliphatic heterocycles. The molecule has 1 atom stereocenters. The third kappa shape index (κ3) is 7.85. The van der Waals surface area contributed by atoms with Gasteiger partial charge in [0.25, 0.3) is 0 Å². The van der Waals surface area contributed by atoms with Crippen molar-refractivity contribution < 1.29 is 14.6 Å². The Morgan fingerprint density at radius 1 is 1.25 bits per heavy atom. The third-order valence-electron chi connectivity index (χ3n) is 2.57. The molecular weight excluding hydrogens is 322 g/mol. The molecule has 0 amide bonds. The average molecular weight is 346 g/mol. The van der Waals surface area contributed by atoms with Crippen LogP contribution < -0.4 is 5.32 Å². The van der Waals surface area contributed by atoms with Gasteiger partial charge in [-0.05, 0) is 44.5 Å². The Labute approximate surface area is 129 Å². The molecule has 0 bridgehead atoms. The van der Waals surface area contributed by atoms with Crippen molar-refractivity contribution in [1.82, 2.24) is 0 Å². The van der Waals surface area contributed by atoms with Gasteiger partial charge in [0, 0.05) is 16.7 Å². The highest BCUT2D eigenvalue weighted by Gasteiger charge is 2.05. The predicted octanol–water partition coefficient (Wildman–Crippen LogP) is 2.97. The standard InChI is InChI=1S/C15H24BrNO3/c1-11(2)20-5-4-19-10-15(18)9-17-14-7-12(3)6-13(16)8-14/h6-8,11,15,17-18H,4-5,9-10H2,1-3H3. The number of hydrogen-bond donors (Lipinski definition) is 2. The molecule has 114 valence electrons. The van der Waals surface area contributed by atoms with Gasteiger partial charge in [-0.3, -0.25) is 0 Å². The first-order chi connectivity index (χ1) is 9.47. The summed E-state index contributed by atoms with van der Waals surface area (Å²) >= 11 is 3.45. The molecule has 20 heavy (non-hydrogen) atoms. The summed E-state index contributed by atoms with van der Waals surface area (Å²) in [5.74, 6) is 0. The number of hydrogen-bond acceptors (Lipinski definition) is 4. The van der Waals surface area contributed by atoms with Crippen molar-refractivity contribution in [3.63, 3.8) is 0 Å². The first-order valence-electron chi connectivity index (χ1n) is 6.86. The van der Waals surface area contributed by atoms with Crippen molar-refractivity contribution in [2.24, 2.45) is 0 Å². The zero-order valence-electron chi connectivity index (χ0n) is 12.4. The van der Waals surface area contributed by atoms with E-state index in [1.807, 2.05) is 39.0 Å². The first-order valence-corrected chi connectivity index (χ1v) is 7.65. The molecule has 0 aliphatic rings. The molecule has 0 fully saturated rings. The van der Waals surface area contributed by atoms with Crippen molar-refractivity contribution in [3.8, 4) is 0 Å². The summed E-state index contributed by atoms with van der Waals surface area (Å²) in [4.78, 5) is 0. The van der Waals surface area contributed by atoms with E-state index < -0.39 is 6.10 Å². The van der Waals surface area contributed by atoms with E-state index in [-0.39, 0.29) is 6.10 Å². The van der Waals surface area contributed by atoms with Crippen LogP contribution >= 0.6 is 15.9 Å². The lowest BCUT2D eigenvalue weighted by Crippen LogP contribution is -2.25. The van der Waals surface area contributed by atoms with Gasteiger partial charge in [-0.25, -0.2) is 0 Å². The van der Waals surface area contributed by atoms with E-state index in [1.54, 1.807) is 0 Å². The largest absolute Gasteiger partial charge is 0.389 e. The zero-order valence-corrected chi connectivity index (χ0v) is 13.9. The quantitative estimate of drug-likeness (QED) is 0.675. The van der Waals surface area contributed by atoms with Crippen molar-refractivity contribution >= 4 is 21.6 Å². The van der Waals surface area contributed by atoms with Crippen molar-refractivity contribution in [2.45, 2.75) is 33.0 Å². The third-order valence-corrected chi connectivity index (χ3v) is 3.03. The summed E-state index contributed by atoms with van der Waals surface area (Å²) < 4.78 is 11.7. The van der Waals surface area contributed by atoms with Gasteiger partial charge in [0.15, 0.2) is 0 Å². The fraction of sp³-hybridized carbons (Fsp3) is 0.600. The molecule has 1 unspecified atom stereocenters. The Bertz CT molecular complexity index is 378. The summed E-state index contributed by atoms with van der Waals surface area (Å²) in [5, 5.41) is 13.0. The van der Waals surface area contributed by atoms with Gasteiger partial charge >= 0.3 is 0 Å². The fourth-order valence-electron chi connectivity index (χ4n) is 1.70. The number of aryl methyl sites for hydroxylation is 1. The van der Waals surface area contributed by atoms with Crippen LogP contribution in [0.5, 0.6) is 0 Å². The number of halogens is 1. The Morgan fingerprint density at radius 2 is 2.00 bits per heavy atom. The highest BCUT2D eigenvalue weighted by Crippen LogP contribution is 2.18. The molecule has 0 saturated carbocycles. The molecule has 0 radical (unpaired) electrons. The van der Waals surface area contributed by atoms with Crippen LogP contribution in [-0.2, 0) is 9.47 Å². The van der Waals surface area contributed by atoms with Crippen LogP contribution in [0.15, 0.2) is 22.7 Å². The van der Waals surface area contributed by atoms with E-state index in [1.165, 1.54) is 5.56 Å². The predicted molar refractivity (Wildman–Crippen MR) is 85.3 cm³/mol. The Morgan fingerprint density at radius 3 is 2.65 bits per heavy atom. The summed E-state index contributed by atoms with van der Waals surface area (Å²) in [7, 11) is 0. The number of aliphatic hydroxyl groups is 1. The molecule has 0 spiro atoms. The molecule has 0 saturated heterocycles. The molecule has 1 aromatic carbocycles. The number of nitrogens with one attached hydrogen (secondary N) is 1. The van der Waals surface area contributed by atoms with Gasteiger partial charge in [0.05, 0.1) is 32.0 Å². The molecule has 0 heterocycles. The van der Waals surface area contributed by atoms with Crippen molar-refractivity contribution in [3.05, 3.63) is 28.2 Å². The second-order valence-electron chi connectivity index (χ2n) is 5.05. The average Bonchev–Trinajstić information content (AvgIpc) is 2.34. The topological polar surface area (TPSA) is 50.7 Å². The second kappa shape index (κ2) is 9.34. The molecule has 4 nitrogen and oxygen atoms in total. The molecular formula is C15H24BrNO3. The Hall–Kier alpha value is -0.620. The molecule has 1 aromatic rings. The highest BCUT2D eigenvalue weighted by molar-refractivity contribution is 9.10. The number of ether oxygens (including phenoxy) is 2. The van der Waals surface area contributed by atoms with E-state index >= 15 is 0 Å². The van der Waals surface area contributed by atoms with E-state index in [0.29, 0.717) is 26.4 Å². The van der Waals surface area contributed by atoms with Crippen LogP contribution in [0, 0.1) is 6.92 Å². The van der Waals surface area contributed by atoms with Gasteiger partial charge in [0.2, 0.25) is 0 Å². The molecule has 0 aromatic heterocycles. The first kappa shape index (κ1) is 17.4. The monoisotopic (exact) mass is 345 g/mol. The Balaban J connectivity index is 2.17. The van der Waals surface area contributed by atoms with Crippen LogP contribution in [0.25, 0.3) is 0 Å². The second-order valence-corrected chi connectivity index (χ2v) is 5.96. The van der Waals surface area contributed by atoms with Gasteiger partial charge in [-0.1, -0.05) is 15.9 Å². The molecule has 5 heteroatoms. The lowest BCUT2D eigenvalue weighted by atomic mass is 10.2. The molecule has 2 N–H and O–H groups in total. The maximum absolute atomic E-state index is 9.82. The van der Waals surface area contributed by atoms with Crippen LogP contribution in [0.3, 0.4) is 0 Å². The van der Waals surface area contributed by atoms with Gasteiger partial charge < -0.3 is 19.9 Å². The maximum atomic E-state index is 9.82. The van der Waals surface area contributed by atoms with E-state index in [0.717, 1.165) is 10.2 Å². The van der Waals surface area contributed by atoms with Crippen LogP contribution in [0.1, 0.15) is 19.4 Å². The lowest BCUT2D eigenvalue weighted by molar-refractivity contribution is -0.00734. The van der Waals surface area contributed by atoms with Crippen LogP contribution in [0.4, 0.5) is 5.69 Å². The van der Waals surface area contributed by atoms with E-state index in [2.05, 4.69) is 21.2 Å². The smallest absolute Gasteiger partial charge is 0.0945 e. The number of benzene rings is 1. The SMILES string of the molecule is Cc1cc(Br)cc(NCC(O)COCCOC(C)C)c1. The minimum absolute atomic E-state index is 0.213. The number of rotatable bonds is 9. The Kier molecular flexibility index (Phi) is 8.14. The normalized spacial score (nSPS) is 12.7. The maximum Gasteiger partial charge on any atom is 0.0945 e. The summed E-state index contributed by atoms with van der Waals surface area (Å²) in [5.41, 5.74) is 2.15. The molecule has 1 rings (SSSR count). The fourth-order valence-corrected chi connectivity index (χ4v) is 2.30. The van der Waals surface area contributed by atoms with Crippen molar-refractivity contribution in [1.29, 1.82) is 0 Å². The van der Waals surface area contributed by atoms with Gasteiger partial charge in [-0.2, -0.15) is 0 Å². The van der Waals surface area contributed by atoms with Crippen LogP contribution in [-0.4, -0.2) is 43.7 Å². The minimum Gasteiger partial charge on any atom is -0.389 e. The van der Waals surface area contributed by atoms with Gasteiger partial charge in [0.1, 0.15) is 0 Å². The van der Waals surface area contributed by atoms with Crippen molar-refractivity contribution in [2.75, 3.05) is 31.7 Å². The van der Waals surface area contributed by atoms with E-state index in [9.17, 15) is 5.11 Å². The minimum atomic E-state index is -0.534. The summed E-state index contributed by atoms with van der Waals surface area (Å²) in [6, 6.07) is 6.06. The number of aliphatic hydroxyl groups excluding tert-OH is 1. The van der Waals surface area contributed by atoms with E-state index in [4.69, 9.17) is 9.47 Å². The summed E-state index contributed by atoms with van der Waals surface area (Å²) in [6.45, 7) is 7.83. The zero-order chi connectivity index (χ0) is 15.0.